The third-order valence-electron chi connectivity index (χ3n) is 2.83. The van der Waals surface area contributed by atoms with Gasteiger partial charge < -0.3 is 19.3 Å². The van der Waals surface area contributed by atoms with Gasteiger partial charge in [-0.2, -0.15) is 0 Å². The van der Waals surface area contributed by atoms with Gasteiger partial charge in [-0.1, -0.05) is 0 Å². The molecular weight excluding hydrogens is 290 g/mol. The molecule has 3 rings (SSSR count). The lowest BCUT2D eigenvalue weighted by Gasteiger charge is -2.21. The number of aliphatic hydroxyl groups is 1. The second-order valence-electron chi connectivity index (χ2n) is 3.75. The number of rotatable bonds is 1. The minimum atomic E-state index is -0.659. The van der Waals surface area contributed by atoms with Gasteiger partial charge in [-0.05, 0) is 15.9 Å². The zero-order chi connectivity index (χ0) is 12.0. The first kappa shape index (κ1) is 10.9. The van der Waals surface area contributed by atoms with E-state index in [9.17, 15) is 5.11 Å². The summed E-state index contributed by atoms with van der Waals surface area (Å²) < 4.78 is 16.8. The number of fused-ring (bicyclic) bond motifs is 2. The number of nitrogens with zero attached hydrogens (tertiary/aromatic N) is 1. The van der Waals surface area contributed by atoms with Crippen molar-refractivity contribution < 1.29 is 19.3 Å². The van der Waals surface area contributed by atoms with Gasteiger partial charge in [-0.25, -0.2) is 0 Å². The van der Waals surface area contributed by atoms with Crippen LogP contribution >= 0.6 is 15.9 Å². The third-order valence-corrected chi connectivity index (χ3v) is 3.61. The van der Waals surface area contributed by atoms with E-state index in [1.165, 1.54) is 0 Å². The Bertz CT molecular complexity index is 515. The Hall–Kier alpha value is -1.27. The van der Waals surface area contributed by atoms with E-state index in [1.54, 1.807) is 13.3 Å². The van der Waals surface area contributed by atoms with Crippen molar-refractivity contribution in [1.82, 2.24) is 0 Å². The van der Waals surface area contributed by atoms with E-state index in [0.29, 0.717) is 28.3 Å². The average molecular weight is 300 g/mol. The van der Waals surface area contributed by atoms with E-state index in [-0.39, 0.29) is 6.79 Å². The molecule has 0 amide bonds. The Balaban J connectivity index is 2.34. The van der Waals surface area contributed by atoms with Gasteiger partial charge in [-0.15, -0.1) is 0 Å². The van der Waals surface area contributed by atoms with Crippen LogP contribution in [0.5, 0.6) is 17.2 Å². The van der Waals surface area contributed by atoms with Crippen LogP contribution in [0.15, 0.2) is 9.47 Å². The van der Waals surface area contributed by atoms with Crippen LogP contribution in [0.2, 0.25) is 0 Å². The molecule has 2 heterocycles. The number of benzene rings is 1. The molecule has 2 aliphatic rings. The molecule has 0 bridgehead atoms. The standard InChI is InChI=1S/C11H10BrNO4/c1-15-9-5-2-13-3-6(14)7(5)8(12)10-11(9)17-4-16-10/h2,6,14H,3-4H2,1H3/t6-/m1/s1. The number of hydrogen-bond acceptors (Lipinski definition) is 5. The van der Waals surface area contributed by atoms with Crippen LogP contribution in [-0.4, -0.2) is 31.8 Å². The van der Waals surface area contributed by atoms with Crippen LogP contribution in [0.4, 0.5) is 0 Å². The Morgan fingerprint density at radius 2 is 2.24 bits per heavy atom. The summed E-state index contributed by atoms with van der Waals surface area (Å²) in [6.07, 6.45) is 1.03. The monoisotopic (exact) mass is 299 g/mol. The van der Waals surface area contributed by atoms with E-state index in [4.69, 9.17) is 14.2 Å². The number of ether oxygens (including phenoxy) is 3. The maximum Gasteiger partial charge on any atom is 0.231 e. The maximum absolute atomic E-state index is 10.00. The van der Waals surface area contributed by atoms with Gasteiger partial charge in [0.15, 0.2) is 11.5 Å². The molecule has 5 nitrogen and oxygen atoms in total. The normalized spacial score (nSPS) is 20.3. The van der Waals surface area contributed by atoms with Crippen molar-refractivity contribution in [3.8, 4) is 17.2 Å². The summed E-state index contributed by atoms with van der Waals surface area (Å²) in [7, 11) is 1.56. The fourth-order valence-corrected chi connectivity index (χ4v) is 2.86. The van der Waals surface area contributed by atoms with Crippen LogP contribution in [0.3, 0.4) is 0 Å². The molecule has 0 spiro atoms. The summed E-state index contributed by atoms with van der Waals surface area (Å²) in [5.74, 6) is 1.69. The molecule has 1 aromatic carbocycles. The summed E-state index contributed by atoms with van der Waals surface area (Å²) >= 11 is 3.44. The van der Waals surface area contributed by atoms with Crippen molar-refractivity contribution in [2.45, 2.75) is 6.10 Å². The molecule has 1 N–H and O–H groups in total. The molecule has 0 saturated carbocycles. The van der Waals surface area contributed by atoms with Crippen LogP contribution in [0, 0.1) is 0 Å². The van der Waals surface area contributed by atoms with Gasteiger partial charge in [0.2, 0.25) is 12.5 Å². The van der Waals surface area contributed by atoms with E-state index >= 15 is 0 Å². The van der Waals surface area contributed by atoms with Gasteiger partial charge >= 0.3 is 0 Å². The Morgan fingerprint density at radius 1 is 1.47 bits per heavy atom. The first-order valence-corrected chi connectivity index (χ1v) is 5.90. The molecule has 1 aromatic rings. The molecule has 0 unspecified atom stereocenters. The molecular formula is C11H10BrNO4. The van der Waals surface area contributed by atoms with Gasteiger partial charge in [0.05, 0.1) is 18.1 Å². The molecule has 0 fully saturated rings. The SMILES string of the molecule is COc1c2c(c(Br)c3c1OCO3)[C@H](O)CN=C2. The smallest absolute Gasteiger partial charge is 0.231 e. The fourth-order valence-electron chi connectivity index (χ4n) is 2.09. The van der Waals surface area contributed by atoms with Crippen molar-refractivity contribution >= 4 is 22.1 Å². The summed E-state index contributed by atoms with van der Waals surface area (Å²) in [6, 6.07) is 0. The molecule has 1 atom stereocenters. The Labute approximate surface area is 106 Å². The molecule has 0 saturated heterocycles. The van der Waals surface area contributed by atoms with Crippen molar-refractivity contribution in [2.75, 3.05) is 20.4 Å². The van der Waals surface area contributed by atoms with Crippen molar-refractivity contribution in [3.63, 3.8) is 0 Å². The fraction of sp³-hybridized carbons (Fsp3) is 0.364. The molecule has 6 heteroatoms. The highest BCUT2D eigenvalue weighted by Crippen LogP contribution is 2.51. The summed E-state index contributed by atoms with van der Waals surface area (Å²) in [6.45, 7) is 0.495. The molecule has 17 heavy (non-hydrogen) atoms. The van der Waals surface area contributed by atoms with Crippen LogP contribution in [-0.2, 0) is 0 Å². The lowest BCUT2D eigenvalue weighted by molar-refractivity contribution is 0.170. The highest BCUT2D eigenvalue weighted by atomic mass is 79.9. The topological polar surface area (TPSA) is 60.3 Å². The molecule has 0 aromatic heterocycles. The van der Waals surface area contributed by atoms with Crippen molar-refractivity contribution in [3.05, 3.63) is 15.6 Å². The summed E-state index contributed by atoms with van der Waals surface area (Å²) in [5.41, 5.74) is 1.48. The Morgan fingerprint density at radius 3 is 3.00 bits per heavy atom. The van der Waals surface area contributed by atoms with Gasteiger partial charge in [0.25, 0.3) is 0 Å². The van der Waals surface area contributed by atoms with Crippen molar-refractivity contribution in [1.29, 1.82) is 0 Å². The predicted octanol–water partition coefficient (Wildman–Crippen LogP) is 1.65. The minimum Gasteiger partial charge on any atom is -0.492 e. The van der Waals surface area contributed by atoms with E-state index < -0.39 is 6.10 Å². The largest absolute Gasteiger partial charge is 0.492 e. The van der Waals surface area contributed by atoms with Crippen molar-refractivity contribution in [2.24, 2.45) is 4.99 Å². The average Bonchev–Trinajstić information content (AvgIpc) is 2.79. The van der Waals surface area contributed by atoms with E-state index in [1.807, 2.05) is 0 Å². The Kier molecular flexibility index (Phi) is 2.48. The summed E-state index contributed by atoms with van der Waals surface area (Å²) in [4.78, 5) is 4.10. The second-order valence-corrected chi connectivity index (χ2v) is 4.54. The first-order valence-electron chi connectivity index (χ1n) is 5.11. The minimum absolute atomic E-state index is 0.153. The van der Waals surface area contributed by atoms with E-state index in [2.05, 4.69) is 20.9 Å². The number of halogens is 1. The van der Waals surface area contributed by atoms with E-state index in [0.717, 1.165) is 11.1 Å². The molecule has 0 aliphatic carbocycles. The molecule has 2 aliphatic heterocycles. The highest BCUT2D eigenvalue weighted by molar-refractivity contribution is 9.10. The zero-order valence-corrected chi connectivity index (χ0v) is 10.7. The van der Waals surface area contributed by atoms with Gasteiger partial charge in [0.1, 0.15) is 6.10 Å². The van der Waals surface area contributed by atoms with Crippen LogP contribution < -0.4 is 14.2 Å². The number of methoxy groups -OCH3 is 1. The number of hydrogen-bond donors (Lipinski definition) is 1. The lowest BCUT2D eigenvalue weighted by atomic mass is 9.98. The summed E-state index contributed by atoms with van der Waals surface area (Å²) in [5, 5.41) is 10.00. The zero-order valence-electron chi connectivity index (χ0n) is 9.07. The number of aliphatic hydroxyl groups excluding tert-OH is 1. The lowest BCUT2D eigenvalue weighted by Crippen LogP contribution is -2.13. The predicted molar refractivity (Wildman–Crippen MR) is 64.2 cm³/mol. The molecule has 90 valence electrons. The maximum atomic E-state index is 10.00. The number of aliphatic imine (C=N–C) groups is 1. The second kappa shape index (κ2) is 3.89. The molecule has 0 radical (unpaired) electrons. The third kappa shape index (κ3) is 1.44. The van der Waals surface area contributed by atoms with Crippen LogP contribution in [0.25, 0.3) is 0 Å². The first-order chi connectivity index (χ1) is 8.24. The van der Waals surface area contributed by atoms with Gasteiger partial charge in [-0.3, -0.25) is 4.99 Å². The van der Waals surface area contributed by atoms with Crippen LogP contribution in [0.1, 0.15) is 17.2 Å². The van der Waals surface area contributed by atoms with Gasteiger partial charge in [0, 0.05) is 17.3 Å². The quantitative estimate of drug-likeness (QED) is 0.857. The highest BCUT2D eigenvalue weighted by Gasteiger charge is 2.32.